The average Bonchev–Trinajstić information content (AvgIpc) is 2.82. The van der Waals surface area contributed by atoms with E-state index >= 15 is 0 Å². The van der Waals surface area contributed by atoms with E-state index in [9.17, 15) is 19.1 Å². The van der Waals surface area contributed by atoms with Crippen molar-refractivity contribution in [2.45, 2.75) is 32.7 Å². The van der Waals surface area contributed by atoms with Gasteiger partial charge in [0, 0.05) is 0 Å². The topological polar surface area (TPSA) is 66.4 Å². The highest BCUT2D eigenvalue weighted by Gasteiger charge is 2.41. The smallest absolute Gasteiger partial charge is 0.307 e. The summed E-state index contributed by atoms with van der Waals surface area (Å²) in [6.07, 6.45) is 1.14. The molecule has 4 atom stereocenters. The summed E-state index contributed by atoms with van der Waals surface area (Å²) in [6.45, 7) is 3.77. The number of hydrogen-bond acceptors (Lipinski definition) is 2. The highest BCUT2D eigenvalue weighted by atomic mass is 19.1. The van der Waals surface area contributed by atoms with Gasteiger partial charge in [0.2, 0.25) is 5.91 Å². The zero-order valence-corrected chi connectivity index (χ0v) is 12.2. The molecule has 1 aromatic carbocycles. The zero-order valence-electron chi connectivity index (χ0n) is 12.2. The van der Waals surface area contributed by atoms with Gasteiger partial charge in [0.05, 0.1) is 17.9 Å². The zero-order chi connectivity index (χ0) is 15.6. The minimum Gasteiger partial charge on any atom is -0.481 e. The minimum atomic E-state index is -0.908. The maximum Gasteiger partial charge on any atom is 0.307 e. The summed E-state index contributed by atoms with van der Waals surface area (Å²) in [6, 6.07) is 5.65. The van der Waals surface area contributed by atoms with Gasteiger partial charge in [-0.1, -0.05) is 19.1 Å². The lowest BCUT2D eigenvalue weighted by Crippen LogP contribution is -2.36. The standard InChI is InChI=1S/C16H20FNO3/c1-9-7-13(14(8-9)16(20)21)15(19)18-10(2)11-3-5-12(17)6-4-11/h3-6,9-10,13-14H,7-8H2,1-2H3,(H,18,19)(H,20,21)/t9?,10?,13-,14+/m0/s1. The number of carbonyl (C=O) groups excluding carboxylic acids is 1. The third-order valence-electron chi connectivity index (χ3n) is 4.18. The highest BCUT2D eigenvalue weighted by molar-refractivity contribution is 5.85. The summed E-state index contributed by atoms with van der Waals surface area (Å²) in [5, 5.41) is 12.0. The van der Waals surface area contributed by atoms with Gasteiger partial charge in [0.25, 0.3) is 0 Å². The van der Waals surface area contributed by atoms with Crippen molar-refractivity contribution in [3.8, 4) is 0 Å². The van der Waals surface area contributed by atoms with Gasteiger partial charge in [-0.3, -0.25) is 9.59 Å². The predicted octanol–water partition coefficient (Wildman–Crippen LogP) is 2.75. The molecule has 21 heavy (non-hydrogen) atoms. The summed E-state index contributed by atoms with van der Waals surface area (Å²) in [4.78, 5) is 23.5. The van der Waals surface area contributed by atoms with Crippen LogP contribution in [0.4, 0.5) is 4.39 Å². The fourth-order valence-electron chi connectivity index (χ4n) is 3.01. The molecule has 1 saturated carbocycles. The van der Waals surface area contributed by atoms with E-state index in [1.807, 2.05) is 6.92 Å². The lowest BCUT2D eigenvalue weighted by atomic mass is 9.94. The number of amides is 1. The van der Waals surface area contributed by atoms with Crippen molar-refractivity contribution >= 4 is 11.9 Å². The first-order valence-electron chi connectivity index (χ1n) is 7.17. The van der Waals surface area contributed by atoms with Crippen molar-refractivity contribution in [2.75, 3.05) is 0 Å². The molecule has 2 rings (SSSR count). The number of aliphatic carboxylic acids is 1. The molecule has 1 fully saturated rings. The molecular weight excluding hydrogens is 273 g/mol. The number of halogens is 1. The van der Waals surface area contributed by atoms with E-state index in [-0.39, 0.29) is 23.7 Å². The van der Waals surface area contributed by atoms with Crippen LogP contribution in [0.2, 0.25) is 0 Å². The molecule has 1 aliphatic rings. The summed E-state index contributed by atoms with van der Waals surface area (Å²) in [7, 11) is 0. The van der Waals surface area contributed by atoms with Gasteiger partial charge in [0.15, 0.2) is 0 Å². The Bertz CT molecular complexity index is 529. The fourth-order valence-corrected chi connectivity index (χ4v) is 3.01. The van der Waals surface area contributed by atoms with Crippen molar-refractivity contribution in [1.29, 1.82) is 0 Å². The Hall–Kier alpha value is -1.91. The summed E-state index contributed by atoms with van der Waals surface area (Å²) >= 11 is 0. The van der Waals surface area contributed by atoms with Gasteiger partial charge in [0.1, 0.15) is 5.82 Å². The first-order chi connectivity index (χ1) is 9.88. The molecule has 2 unspecified atom stereocenters. The quantitative estimate of drug-likeness (QED) is 0.897. The molecule has 1 amide bonds. The molecule has 4 nitrogen and oxygen atoms in total. The first-order valence-corrected chi connectivity index (χ1v) is 7.17. The van der Waals surface area contributed by atoms with Crippen LogP contribution in [0.1, 0.15) is 38.3 Å². The molecule has 0 spiro atoms. The molecule has 1 aliphatic carbocycles. The molecular formula is C16H20FNO3. The number of benzene rings is 1. The van der Waals surface area contributed by atoms with Crippen LogP contribution in [-0.2, 0) is 9.59 Å². The summed E-state index contributed by atoms with van der Waals surface area (Å²) in [5.41, 5.74) is 0.794. The molecule has 1 aromatic rings. The number of carboxylic acids is 1. The van der Waals surface area contributed by atoms with Crippen molar-refractivity contribution in [3.63, 3.8) is 0 Å². The molecule has 0 aliphatic heterocycles. The molecule has 5 heteroatoms. The van der Waals surface area contributed by atoms with Crippen LogP contribution in [-0.4, -0.2) is 17.0 Å². The Labute approximate surface area is 123 Å². The van der Waals surface area contributed by atoms with Gasteiger partial charge in [-0.05, 0) is 43.4 Å². The number of hydrogen-bond donors (Lipinski definition) is 2. The monoisotopic (exact) mass is 293 g/mol. The van der Waals surface area contributed by atoms with E-state index < -0.39 is 17.8 Å². The molecule has 2 N–H and O–H groups in total. The van der Waals surface area contributed by atoms with Crippen LogP contribution in [0, 0.1) is 23.6 Å². The summed E-state index contributed by atoms with van der Waals surface area (Å²) < 4.78 is 12.9. The van der Waals surface area contributed by atoms with Crippen LogP contribution in [0.5, 0.6) is 0 Å². The second kappa shape index (κ2) is 6.24. The predicted molar refractivity (Wildman–Crippen MR) is 76.0 cm³/mol. The third-order valence-corrected chi connectivity index (χ3v) is 4.18. The fraction of sp³-hybridized carbons (Fsp3) is 0.500. The number of nitrogens with one attached hydrogen (secondary N) is 1. The largest absolute Gasteiger partial charge is 0.481 e. The van der Waals surface area contributed by atoms with Gasteiger partial charge in [-0.15, -0.1) is 0 Å². The van der Waals surface area contributed by atoms with E-state index in [4.69, 9.17) is 0 Å². The van der Waals surface area contributed by atoms with Crippen LogP contribution in [0.15, 0.2) is 24.3 Å². The maximum atomic E-state index is 12.9. The van der Waals surface area contributed by atoms with E-state index in [1.165, 1.54) is 12.1 Å². The van der Waals surface area contributed by atoms with E-state index in [0.29, 0.717) is 12.8 Å². The van der Waals surface area contributed by atoms with E-state index in [0.717, 1.165) is 5.56 Å². The Balaban J connectivity index is 2.03. The molecule has 114 valence electrons. The van der Waals surface area contributed by atoms with Crippen LogP contribution in [0.3, 0.4) is 0 Å². The van der Waals surface area contributed by atoms with Crippen molar-refractivity contribution < 1.29 is 19.1 Å². The van der Waals surface area contributed by atoms with Gasteiger partial charge in [-0.2, -0.15) is 0 Å². The van der Waals surface area contributed by atoms with Crippen LogP contribution < -0.4 is 5.32 Å². The Morgan fingerprint density at radius 3 is 2.38 bits per heavy atom. The lowest BCUT2D eigenvalue weighted by Gasteiger charge is -2.20. The Morgan fingerprint density at radius 2 is 1.81 bits per heavy atom. The van der Waals surface area contributed by atoms with Gasteiger partial charge >= 0.3 is 5.97 Å². The lowest BCUT2D eigenvalue weighted by molar-refractivity contribution is -0.146. The molecule has 0 radical (unpaired) electrons. The Morgan fingerprint density at radius 1 is 1.24 bits per heavy atom. The second-order valence-corrected chi connectivity index (χ2v) is 5.91. The number of carboxylic acid groups (broad SMARTS) is 1. The minimum absolute atomic E-state index is 0.233. The molecule has 0 aromatic heterocycles. The third kappa shape index (κ3) is 3.60. The van der Waals surface area contributed by atoms with Crippen LogP contribution in [0.25, 0.3) is 0 Å². The summed E-state index contributed by atoms with van der Waals surface area (Å²) in [5.74, 6) is -2.32. The maximum absolute atomic E-state index is 12.9. The first kappa shape index (κ1) is 15.5. The molecule has 0 heterocycles. The van der Waals surface area contributed by atoms with E-state index in [2.05, 4.69) is 5.32 Å². The van der Waals surface area contributed by atoms with Crippen LogP contribution >= 0.6 is 0 Å². The van der Waals surface area contributed by atoms with Crippen molar-refractivity contribution in [2.24, 2.45) is 17.8 Å². The average molecular weight is 293 g/mol. The van der Waals surface area contributed by atoms with Crippen molar-refractivity contribution in [3.05, 3.63) is 35.6 Å². The number of rotatable bonds is 4. The van der Waals surface area contributed by atoms with Crippen molar-refractivity contribution in [1.82, 2.24) is 5.32 Å². The number of carbonyl (C=O) groups is 2. The molecule has 0 bridgehead atoms. The SMILES string of the molecule is CC1C[C@H](C(=O)NC(C)c2ccc(F)cc2)[C@H](C(=O)O)C1. The van der Waals surface area contributed by atoms with Gasteiger partial charge in [-0.25, -0.2) is 4.39 Å². The van der Waals surface area contributed by atoms with E-state index in [1.54, 1.807) is 19.1 Å². The highest BCUT2D eigenvalue weighted by Crippen LogP contribution is 2.36. The Kier molecular flexibility index (Phi) is 4.60. The van der Waals surface area contributed by atoms with Gasteiger partial charge < -0.3 is 10.4 Å². The molecule has 0 saturated heterocycles. The second-order valence-electron chi connectivity index (χ2n) is 5.91. The normalized spacial score (nSPS) is 26.3.